The number of imidazole rings is 1. The lowest BCUT2D eigenvalue weighted by Crippen LogP contribution is -2.37. The number of rotatable bonds is 6. The minimum atomic E-state index is -0.647. The Hall–Kier alpha value is -1.09. The van der Waals surface area contributed by atoms with Crippen LogP contribution in [0.25, 0.3) is 0 Å². The molecule has 0 radical (unpaired) electrons. The van der Waals surface area contributed by atoms with E-state index in [1.807, 2.05) is 0 Å². The number of aromatic amines is 1. The highest BCUT2D eigenvalue weighted by Gasteiger charge is 2.30. The van der Waals surface area contributed by atoms with Crippen molar-refractivity contribution in [1.82, 2.24) is 15.3 Å². The lowest BCUT2D eigenvalue weighted by Gasteiger charge is -2.08. The number of nitrogens with one attached hydrogen (secondary N) is 2. The normalized spacial score (nSPS) is 18.4. The summed E-state index contributed by atoms with van der Waals surface area (Å²) in [4.78, 5) is 21.7. The maximum absolute atomic E-state index is 10.8. The number of H-pyrrole nitrogens is 1. The van der Waals surface area contributed by atoms with E-state index in [4.69, 9.17) is 0 Å². The van der Waals surface area contributed by atoms with Crippen molar-refractivity contribution in [3.8, 4) is 0 Å². The zero-order valence-electron chi connectivity index (χ0n) is 10.1. The number of aliphatic imine (C=N–C) groups is 1. The molecule has 104 valence electrons. The second-order valence-electron chi connectivity index (χ2n) is 4.01. The van der Waals surface area contributed by atoms with E-state index in [0.29, 0.717) is 25.3 Å². The van der Waals surface area contributed by atoms with E-state index >= 15 is 0 Å². The van der Waals surface area contributed by atoms with Gasteiger partial charge in [-0.1, -0.05) is 0 Å². The van der Waals surface area contributed by atoms with Crippen LogP contribution in [0.3, 0.4) is 0 Å². The summed E-state index contributed by atoms with van der Waals surface area (Å²) in [6.07, 6.45) is 2.15. The molecule has 0 saturated carbocycles. The van der Waals surface area contributed by atoms with Crippen molar-refractivity contribution >= 4 is 33.5 Å². The first-order valence-corrected chi connectivity index (χ1v) is 7.80. The summed E-state index contributed by atoms with van der Waals surface area (Å²) in [5.41, 5.74) is 1.05. The van der Waals surface area contributed by atoms with Crippen LogP contribution in [0, 0.1) is 10.1 Å². The number of halogens is 1. The average molecular weight is 348 g/mol. The molecule has 19 heavy (non-hydrogen) atoms. The maximum Gasteiger partial charge on any atom is 0.270 e. The van der Waals surface area contributed by atoms with Crippen LogP contribution < -0.4 is 5.32 Å². The van der Waals surface area contributed by atoms with Gasteiger partial charge in [0, 0.05) is 35.9 Å². The van der Waals surface area contributed by atoms with E-state index < -0.39 is 6.04 Å². The van der Waals surface area contributed by atoms with Gasteiger partial charge in [0.25, 0.3) is 6.04 Å². The SMILES string of the molecule is O=[N+]([O-])C1CCN=C1NCCSCc1[nH]cnc1Br. The fourth-order valence-electron chi connectivity index (χ4n) is 1.76. The number of amidine groups is 1. The second-order valence-corrected chi connectivity index (χ2v) is 5.86. The minimum absolute atomic E-state index is 0.270. The van der Waals surface area contributed by atoms with E-state index in [1.165, 1.54) is 0 Å². The van der Waals surface area contributed by atoms with Gasteiger partial charge in [-0.05, 0) is 15.9 Å². The van der Waals surface area contributed by atoms with Gasteiger partial charge in [-0.25, -0.2) is 4.98 Å². The summed E-state index contributed by atoms with van der Waals surface area (Å²) in [6, 6.07) is -0.647. The van der Waals surface area contributed by atoms with Gasteiger partial charge in [0.05, 0.1) is 12.0 Å². The Morgan fingerprint density at radius 1 is 1.68 bits per heavy atom. The standard InChI is InChI=1S/C10H14BrN5O2S/c11-9-7(14-6-15-9)5-19-4-3-13-10-8(16(17)18)1-2-12-10/h6,8H,1-5H2,(H,12,13)(H,14,15). The van der Waals surface area contributed by atoms with Gasteiger partial charge < -0.3 is 10.3 Å². The molecule has 1 atom stereocenters. The summed E-state index contributed by atoms with van der Waals surface area (Å²) >= 11 is 5.08. The number of aromatic nitrogens is 2. The fourth-order valence-corrected chi connectivity index (χ4v) is 3.12. The lowest BCUT2D eigenvalue weighted by atomic mass is 10.2. The van der Waals surface area contributed by atoms with E-state index in [-0.39, 0.29) is 4.92 Å². The summed E-state index contributed by atoms with van der Waals surface area (Å²) in [5.74, 6) is 2.20. The van der Waals surface area contributed by atoms with Gasteiger partial charge in [0.1, 0.15) is 4.60 Å². The van der Waals surface area contributed by atoms with E-state index in [9.17, 15) is 10.1 Å². The van der Waals surface area contributed by atoms with Crippen LogP contribution in [0.2, 0.25) is 0 Å². The molecule has 0 fully saturated rings. The first-order chi connectivity index (χ1) is 9.18. The molecule has 1 aliphatic heterocycles. The van der Waals surface area contributed by atoms with Crippen LogP contribution in [0.1, 0.15) is 12.1 Å². The number of nitrogens with zero attached hydrogens (tertiary/aromatic N) is 3. The van der Waals surface area contributed by atoms with Gasteiger partial charge in [-0.15, -0.1) is 0 Å². The van der Waals surface area contributed by atoms with Gasteiger partial charge >= 0.3 is 0 Å². The molecule has 0 aliphatic carbocycles. The second kappa shape index (κ2) is 6.90. The molecule has 2 N–H and O–H groups in total. The molecular formula is C10H14BrN5O2S. The fraction of sp³-hybridized carbons (Fsp3) is 0.600. The number of nitro groups is 1. The van der Waals surface area contributed by atoms with Crippen LogP contribution in [0.15, 0.2) is 15.9 Å². The van der Waals surface area contributed by atoms with Crippen molar-refractivity contribution in [2.75, 3.05) is 18.8 Å². The number of hydrogen-bond acceptors (Lipinski definition) is 6. The predicted octanol–water partition coefficient (Wildman–Crippen LogP) is 1.44. The van der Waals surface area contributed by atoms with Gasteiger partial charge in [-0.2, -0.15) is 11.8 Å². The maximum atomic E-state index is 10.8. The highest BCUT2D eigenvalue weighted by atomic mass is 79.9. The average Bonchev–Trinajstić information content (AvgIpc) is 2.98. The highest BCUT2D eigenvalue weighted by molar-refractivity contribution is 9.10. The number of hydrogen-bond donors (Lipinski definition) is 2. The van der Waals surface area contributed by atoms with Crippen molar-refractivity contribution in [3.05, 3.63) is 26.7 Å². The Balaban J connectivity index is 1.65. The molecule has 1 unspecified atom stereocenters. The first-order valence-electron chi connectivity index (χ1n) is 5.85. The predicted molar refractivity (Wildman–Crippen MR) is 78.2 cm³/mol. The van der Waals surface area contributed by atoms with Crippen molar-refractivity contribution in [3.63, 3.8) is 0 Å². The Morgan fingerprint density at radius 2 is 2.53 bits per heavy atom. The van der Waals surface area contributed by atoms with E-state index in [1.54, 1.807) is 18.1 Å². The Labute approximate surface area is 122 Å². The Morgan fingerprint density at radius 3 is 3.21 bits per heavy atom. The molecular weight excluding hydrogens is 334 g/mol. The van der Waals surface area contributed by atoms with Crippen LogP contribution in [-0.4, -0.2) is 45.6 Å². The van der Waals surface area contributed by atoms with Crippen molar-refractivity contribution in [1.29, 1.82) is 0 Å². The molecule has 1 aromatic rings. The van der Waals surface area contributed by atoms with Crippen LogP contribution in [0.5, 0.6) is 0 Å². The van der Waals surface area contributed by atoms with Crippen LogP contribution in [-0.2, 0) is 5.75 Å². The topological polar surface area (TPSA) is 96.2 Å². The van der Waals surface area contributed by atoms with E-state index in [2.05, 4.69) is 36.2 Å². The highest BCUT2D eigenvalue weighted by Crippen LogP contribution is 2.17. The molecule has 1 aromatic heterocycles. The smallest absolute Gasteiger partial charge is 0.270 e. The molecule has 0 spiro atoms. The molecule has 0 aromatic carbocycles. The molecule has 1 aliphatic rings. The Kier molecular flexibility index (Phi) is 5.20. The van der Waals surface area contributed by atoms with Crippen molar-refractivity contribution in [2.24, 2.45) is 4.99 Å². The summed E-state index contributed by atoms with van der Waals surface area (Å²) in [6.45, 7) is 1.22. The van der Waals surface area contributed by atoms with Gasteiger partial charge in [0.2, 0.25) is 0 Å². The molecule has 0 saturated heterocycles. The molecule has 2 rings (SSSR count). The van der Waals surface area contributed by atoms with Crippen molar-refractivity contribution < 1.29 is 4.92 Å². The third-order valence-corrected chi connectivity index (χ3v) is 4.39. The zero-order chi connectivity index (χ0) is 13.7. The summed E-state index contributed by atoms with van der Waals surface area (Å²) < 4.78 is 0.835. The molecule has 0 bridgehead atoms. The quantitative estimate of drug-likeness (QED) is 0.461. The minimum Gasteiger partial charge on any atom is -0.367 e. The third kappa shape index (κ3) is 3.93. The summed E-state index contributed by atoms with van der Waals surface area (Å²) in [7, 11) is 0. The van der Waals surface area contributed by atoms with Crippen LogP contribution in [0.4, 0.5) is 0 Å². The third-order valence-electron chi connectivity index (χ3n) is 2.72. The van der Waals surface area contributed by atoms with Gasteiger partial charge in [0.15, 0.2) is 5.84 Å². The summed E-state index contributed by atoms with van der Waals surface area (Å²) in [5, 5.41) is 13.8. The first kappa shape index (κ1) is 14.3. The molecule has 0 amide bonds. The van der Waals surface area contributed by atoms with Crippen molar-refractivity contribution in [2.45, 2.75) is 18.2 Å². The monoisotopic (exact) mass is 347 g/mol. The largest absolute Gasteiger partial charge is 0.367 e. The zero-order valence-corrected chi connectivity index (χ0v) is 12.5. The van der Waals surface area contributed by atoms with Crippen LogP contribution >= 0.6 is 27.7 Å². The Bertz CT molecular complexity index is 478. The molecule has 2 heterocycles. The molecule has 7 nitrogen and oxygen atoms in total. The number of thioether (sulfide) groups is 1. The van der Waals surface area contributed by atoms with E-state index in [0.717, 1.165) is 21.8 Å². The van der Waals surface area contributed by atoms with Gasteiger partial charge in [-0.3, -0.25) is 15.1 Å². The molecule has 9 heteroatoms. The lowest BCUT2D eigenvalue weighted by molar-refractivity contribution is -0.502.